The summed E-state index contributed by atoms with van der Waals surface area (Å²) in [5, 5.41) is 3.74. The number of ether oxygens (including phenoxy) is 1. The Morgan fingerprint density at radius 1 is 1.19 bits per heavy atom. The Bertz CT molecular complexity index is 970. The Kier molecular flexibility index (Phi) is 5.16. The molecule has 0 aliphatic carbocycles. The number of rotatable bonds is 5. The van der Waals surface area contributed by atoms with Crippen LogP contribution in [0.4, 0.5) is 4.39 Å². The molecule has 1 heterocycles. The van der Waals surface area contributed by atoms with Crippen LogP contribution in [0.15, 0.2) is 42.5 Å². The van der Waals surface area contributed by atoms with E-state index in [1.54, 1.807) is 12.1 Å². The fraction of sp³-hybridized carbons (Fsp3) is 0.238. The van der Waals surface area contributed by atoms with Gasteiger partial charge in [-0.25, -0.2) is 9.37 Å². The molecule has 4 nitrogen and oxygen atoms in total. The van der Waals surface area contributed by atoms with Gasteiger partial charge in [-0.05, 0) is 55.7 Å². The minimum absolute atomic E-state index is 0.230. The molecular weight excluding hydrogens is 331 g/mol. The number of carbonyl (C=O) groups is 1. The number of hydrogen-bond donors (Lipinski definition) is 1. The van der Waals surface area contributed by atoms with E-state index in [2.05, 4.69) is 10.3 Å². The van der Waals surface area contributed by atoms with Crippen molar-refractivity contribution in [1.29, 1.82) is 0 Å². The number of fused-ring (bicyclic) bond motifs is 1. The van der Waals surface area contributed by atoms with Crippen molar-refractivity contribution in [3.8, 4) is 5.88 Å². The quantitative estimate of drug-likeness (QED) is 0.744. The summed E-state index contributed by atoms with van der Waals surface area (Å²) < 4.78 is 18.9. The van der Waals surface area contributed by atoms with E-state index >= 15 is 0 Å². The Hall–Kier alpha value is -2.95. The summed E-state index contributed by atoms with van der Waals surface area (Å²) in [6, 6.07) is 12.1. The molecule has 26 heavy (non-hydrogen) atoms. The van der Waals surface area contributed by atoms with E-state index in [0.717, 1.165) is 22.0 Å². The molecule has 1 aromatic heterocycles. The van der Waals surface area contributed by atoms with Crippen molar-refractivity contribution in [2.24, 2.45) is 0 Å². The van der Waals surface area contributed by atoms with E-state index in [-0.39, 0.29) is 18.3 Å². The number of nitrogens with zero attached hydrogens (tertiary/aromatic N) is 1. The number of nitrogens with one attached hydrogen (secondary N) is 1. The van der Waals surface area contributed by atoms with Crippen molar-refractivity contribution in [3.05, 3.63) is 70.5 Å². The lowest BCUT2D eigenvalue weighted by atomic mass is 10.0. The monoisotopic (exact) mass is 352 g/mol. The van der Waals surface area contributed by atoms with E-state index in [9.17, 15) is 9.18 Å². The van der Waals surface area contributed by atoms with E-state index in [0.29, 0.717) is 23.6 Å². The summed E-state index contributed by atoms with van der Waals surface area (Å²) in [5.74, 6) is -0.296. The van der Waals surface area contributed by atoms with Gasteiger partial charge in [0, 0.05) is 11.9 Å². The van der Waals surface area contributed by atoms with Crippen LogP contribution < -0.4 is 10.1 Å². The molecule has 0 saturated heterocycles. The lowest BCUT2D eigenvalue weighted by Gasteiger charge is -2.15. The van der Waals surface area contributed by atoms with E-state index in [1.165, 1.54) is 12.1 Å². The van der Waals surface area contributed by atoms with E-state index in [1.807, 2.05) is 39.0 Å². The zero-order chi connectivity index (χ0) is 18.7. The molecule has 3 rings (SSSR count). The van der Waals surface area contributed by atoms with Gasteiger partial charge >= 0.3 is 0 Å². The molecule has 134 valence electrons. The molecule has 0 aliphatic heterocycles. The summed E-state index contributed by atoms with van der Waals surface area (Å²) in [4.78, 5) is 17.3. The summed E-state index contributed by atoms with van der Waals surface area (Å²) >= 11 is 0. The first-order valence-corrected chi connectivity index (χ1v) is 8.56. The SMILES string of the molecule is CCOc1nc2cc(C)ccc2c(C)c1C(=O)NCc1cccc(F)c1. The smallest absolute Gasteiger partial charge is 0.257 e. The van der Waals surface area contributed by atoms with Gasteiger partial charge in [0.15, 0.2) is 0 Å². The molecule has 0 unspecified atom stereocenters. The maximum Gasteiger partial charge on any atom is 0.257 e. The van der Waals surface area contributed by atoms with Crippen molar-refractivity contribution in [3.63, 3.8) is 0 Å². The Balaban J connectivity index is 1.96. The average Bonchev–Trinajstić information content (AvgIpc) is 2.60. The van der Waals surface area contributed by atoms with Crippen LogP contribution in [0.1, 0.15) is 34.0 Å². The number of hydrogen-bond acceptors (Lipinski definition) is 3. The first-order valence-electron chi connectivity index (χ1n) is 8.56. The zero-order valence-electron chi connectivity index (χ0n) is 15.1. The zero-order valence-corrected chi connectivity index (χ0v) is 15.1. The van der Waals surface area contributed by atoms with Crippen LogP contribution in [0.25, 0.3) is 10.9 Å². The van der Waals surface area contributed by atoms with Crippen LogP contribution in [0.3, 0.4) is 0 Å². The van der Waals surface area contributed by atoms with Crippen LogP contribution in [0, 0.1) is 19.7 Å². The molecule has 0 bridgehead atoms. The molecule has 0 aliphatic rings. The molecule has 0 radical (unpaired) electrons. The van der Waals surface area contributed by atoms with Crippen molar-refractivity contribution in [2.75, 3.05) is 6.61 Å². The molecule has 0 fully saturated rings. The number of halogens is 1. The maximum atomic E-state index is 13.3. The van der Waals surface area contributed by atoms with Crippen molar-refractivity contribution in [1.82, 2.24) is 10.3 Å². The van der Waals surface area contributed by atoms with Crippen LogP contribution in [0.2, 0.25) is 0 Å². The van der Waals surface area contributed by atoms with Gasteiger partial charge in [0.05, 0.1) is 12.1 Å². The first kappa shape index (κ1) is 17.9. The third kappa shape index (κ3) is 3.67. The van der Waals surface area contributed by atoms with Gasteiger partial charge in [0.25, 0.3) is 5.91 Å². The number of aromatic nitrogens is 1. The van der Waals surface area contributed by atoms with Gasteiger partial charge in [-0.3, -0.25) is 4.79 Å². The van der Waals surface area contributed by atoms with Crippen LogP contribution in [0.5, 0.6) is 5.88 Å². The second-order valence-corrected chi connectivity index (χ2v) is 6.18. The van der Waals surface area contributed by atoms with Gasteiger partial charge in [-0.2, -0.15) is 0 Å². The molecule has 1 amide bonds. The second kappa shape index (κ2) is 7.52. The summed E-state index contributed by atoms with van der Waals surface area (Å²) in [7, 11) is 0. The van der Waals surface area contributed by atoms with Crippen LogP contribution in [-0.4, -0.2) is 17.5 Å². The van der Waals surface area contributed by atoms with Crippen LogP contribution in [-0.2, 0) is 6.54 Å². The number of amides is 1. The number of pyridine rings is 1. The van der Waals surface area contributed by atoms with Crippen molar-refractivity contribution < 1.29 is 13.9 Å². The first-order chi connectivity index (χ1) is 12.5. The summed E-state index contributed by atoms with van der Waals surface area (Å²) in [6.07, 6.45) is 0. The standard InChI is InChI=1S/C21H21FN2O2/c1-4-26-21-19(14(3)17-9-8-13(2)10-18(17)24-21)20(25)23-12-15-6-5-7-16(22)11-15/h5-11H,4,12H2,1-3H3,(H,23,25). The average molecular weight is 352 g/mol. The third-order valence-corrected chi connectivity index (χ3v) is 4.22. The number of aryl methyl sites for hydroxylation is 2. The van der Waals surface area contributed by atoms with Gasteiger partial charge in [0.2, 0.25) is 5.88 Å². The van der Waals surface area contributed by atoms with Crippen molar-refractivity contribution >= 4 is 16.8 Å². The highest BCUT2D eigenvalue weighted by molar-refractivity contribution is 6.02. The largest absolute Gasteiger partial charge is 0.477 e. The fourth-order valence-corrected chi connectivity index (χ4v) is 2.94. The Morgan fingerprint density at radius 2 is 2.00 bits per heavy atom. The fourth-order valence-electron chi connectivity index (χ4n) is 2.94. The lowest BCUT2D eigenvalue weighted by Crippen LogP contribution is -2.25. The Morgan fingerprint density at radius 3 is 2.73 bits per heavy atom. The van der Waals surface area contributed by atoms with Gasteiger partial charge in [0.1, 0.15) is 11.4 Å². The highest BCUT2D eigenvalue weighted by Gasteiger charge is 2.20. The molecule has 0 spiro atoms. The van der Waals surface area contributed by atoms with Gasteiger partial charge in [-0.1, -0.05) is 24.3 Å². The minimum atomic E-state index is -0.328. The highest BCUT2D eigenvalue weighted by Crippen LogP contribution is 2.28. The Labute approximate surface area is 152 Å². The number of carbonyl (C=O) groups excluding carboxylic acids is 1. The molecule has 5 heteroatoms. The lowest BCUT2D eigenvalue weighted by molar-refractivity contribution is 0.0945. The highest BCUT2D eigenvalue weighted by atomic mass is 19.1. The number of benzene rings is 2. The topological polar surface area (TPSA) is 51.2 Å². The second-order valence-electron chi connectivity index (χ2n) is 6.18. The normalized spacial score (nSPS) is 10.8. The third-order valence-electron chi connectivity index (χ3n) is 4.22. The predicted octanol–water partition coefficient (Wildman–Crippen LogP) is 4.32. The minimum Gasteiger partial charge on any atom is -0.477 e. The predicted molar refractivity (Wildman–Crippen MR) is 100.0 cm³/mol. The molecule has 0 atom stereocenters. The van der Waals surface area contributed by atoms with Gasteiger partial charge < -0.3 is 10.1 Å². The van der Waals surface area contributed by atoms with Crippen molar-refractivity contribution in [2.45, 2.75) is 27.3 Å². The molecule has 1 N–H and O–H groups in total. The summed E-state index contributed by atoms with van der Waals surface area (Å²) in [5.41, 5.74) is 3.82. The van der Waals surface area contributed by atoms with E-state index in [4.69, 9.17) is 4.74 Å². The maximum absolute atomic E-state index is 13.3. The molecular formula is C21H21FN2O2. The molecule has 3 aromatic rings. The summed E-state index contributed by atoms with van der Waals surface area (Å²) in [6.45, 7) is 6.38. The molecule has 0 saturated carbocycles. The van der Waals surface area contributed by atoms with E-state index < -0.39 is 0 Å². The molecule has 2 aromatic carbocycles. The van der Waals surface area contributed by atoms with Gasteiger partial charge in [-0.15, -0.1) is 0 Å². The van der Waals surface area contributed by atoms with Crippen LogP contribution >= 0.6 is 0 Å².